The van der Waals surface area contributed by atoms with Crippen molar-refractivity contribution in [1.29, 1.82) is 0 Å². The third-order valence-corrected chi connectivity index (χ3v) is 2.67. The molecule has 0 N–H and O–H groups in total. The van der Waals surface area contributed by atoms with Crippen molar-refractivity contribution in [2.24, 2.45) is 11.8 Å². The highest BCUT2D eigenvalue weighted by atomic mass is 14.1. The summed E-state index contributed by atoms with van der Waals surface area (Å²) in [6, 6.07) is 0. The fourth-order valence-corrected chi connectivity index (χ4v) is 2.03. The van der Waals surface area contributed by atoms with E-state index in [-0.39, 0.29) is 0 Å². The van der Waals surface area contributed by atoms with Gasteiger partial charge < -0.3 is 0 Å². The lowest BCUT2D eigenvalue weighted by atomic mass is 9.94. The van der Waals surface area contributed by atoms with Crippen LogP contribution in [0.1, 0.15) is 66.7 Å². The zero-order chi connectivity index (χ0) is 11.0. The van der Waals surface area contributed by atoms with Crippen LogP contribution in [0.25, 0.3) is 0 Å². The summed E-state index contributed by atoms with van der Waals surface area (Å²) >= 11 is 0. The van der Waals surface area contributed by atoms with E-state index in [4.69, 9.17) is 0 Å². The first kappa shape index (κ1) is 13.7. The van der Waals surface area contributed by atoms with Gasteiger partial charge >= 0.3 is 0 Å². The molecule has 0 aromatic heterocycles. The molecule has 0 aromatic rings. The quantitative estimate of drug-likeness (QED) is 0.491. The number of hydrogen-bond donors (Lipinski definition) is 0. The van der Waals surface area contributed by atoms with E-state index in [9.17, 15) is 0 Å². The summed E-state index contributed by atoms with van der Waals surface area (Å²) in [5, 5.41) is 0. The lowest BCUT2D eigenvalue weighted by molar-refractivity contribution is 0.417. The van der Waals surface area contributed by atoms with Crippen molar-refractivity contribution < 1.29 is 0 Å². The molecular weight excluding hydrogens is 168 g/mol. The van der Waals surface area contributed by atoms with Gasteiger partial charge in [0.05, 0.1) is 0 Å². The van der Waals surface area contributed by atoms with Gasteiger partial charge in [-0.05, 0) is 44.4 Å². The molecule has 0 rings (SSSR count). The zero-order valence-electron chi connectivity index (χ0n) is 10.8. The van der Waals surface area contributed by atoms with Crippen LogP contribution in [-0.2, 0) is 0 Å². The Bertz CT molecular complexity index is 153. The van der Waals surface area contributed by atoms with Crippen LogP contribution in [0.2, 0.25) is 0 Å². The summed E-state index contributed by atoms with van der Waals surface area (Å²) < 4.78 is 0. The van der Waals surface area contributed by atoms with Crippen molar-refractivity contribution in [2.45, 2.75) is 66.7 Å². The van der Waals surface area contributed by atoms with Crippen molar-refractivity contribution in [2.75, 3.05) is 0 Å². The molecular formula is C14H28. The van der Waals surface area contributed by atoms with Gasteiger partial charge in [0.15, 0.2) is 0 Å². The Morgan fingerprint density at radius 1 is 1.21 bits per heavy atom. The lowest BCUT2D eigenvalue weighted by Gasteiger charge is -2.12. The van der Waals surface area contributed by atoms with E-state index >= 15 is 0 Å². The molecule has 0 heterocycles. The molecule has 0 aromatic carbocycles. The third-order valence-electron chi connectivity index (χ3n) is 2.67. The average Bonchev–Trinajstić information content (AvgIpc) is 2.02. The molecule has 0 heteroatoms. The fraction of sp³-hybridized carbons (Fsp3) is 0.857. The normalized spacial score (nSPS) is 14.9. The molecule has 0 aliphatic carbocycles. The van der Waals surface area contributed by atoms with E-state index in [1.807, 2.05) is 0 Å². The second kappa shape index (κ2) is 8.08. The van der Waals surface area contributed by atoms with Crippen LogP contribution < -0.4 is 0 Å². The van der Waals surface area contributed by atoms with Gasteiger partial charge in [-0.15, -0.1) is 0 Å². The predicted octanol–water partition coefficient (Wildman–Crippen LogP) is 5.20. The van der Waals surface area contributed by atoms with Crippen LogP contribution in [0.5, 0.6) is 0 Å². The van der Waals surface area contributed by atoms with Gasteiger partial charge in [-0.25, -0.2) is 0 Å². The molecule has 0 saturated carbocycles. The van der Waals surface area contributed by atoms with Gasteiger partial charge in [-0.2, -0.15) is 0 Å². The Hall–Kier alpha value is -0.260. The van der Waals surface area contributed by atoms with Crippen LogP contribution in [0.15, 0.2) is 11.6 Å². The van der Waals surface area contributed by atoms with Gasteiger partial charge in [0.1, 0.15) is 0 Å². The highest BCUT2D eigenvalue weighted by molar-refractivity contribution is 4.97. The summed E-state index contributed by atoms with van der Waals surface area (Å²) in [5.74, 6) is 1.74. The van der Waals surface area contributed by atoms with Gasteiger partial charge in [-0.3, -0.25) is 0 Å². The molecule has 1 atom stereocenters. The van der Waals surface area contributed by atoms with Crippen molar-refractivity contribution in [1.82, 2.24) is 0 Å². The molecule has 84 valence electrons. The van der Waals surface area contributed by atoms with Crippen molar-refractivity contribution in [3.63, 3.8) is 0 Å². The van der Waals surface area contributed by atoms with Crippen molar-refractivity contribution in [3.8, 4) is 0 Å². The van der Waals surface area contributed by atoms with Gasteiger partial charge in [0.2, 0.25) is 0 Å². The van der Waals surface area contributed by atoms with Gasteiger partial charge in [-0.1, -0.05) is 45.8 Å². The molecule has 0 aliphatic heterocycles. The molecule has 0 fully saturated rings. The van der Waals surface area contributed by atoms with Gasteiger partial charge in [0.25, 0.3) is 0 Å². The maximum Gasteiger partial charge on any atom is -0.0326 e. The maximum atomic E-state index is 2.43. The zero-order valence-corrected chi connectivity index (χ0v) is 10.8. The Morgan fingerprint density at radius 2 is 1.86 bits per heavy atom. The number of rotatable bonds is 7. The van der Waals surface area contributed by atoms with Crippen molar-refractivity contribution >= 4 is 0 Å². The standard InChI is InChI=1S/C14H28/c1-6-8-13(4)9-7-10-14(5)11-12(2)3/h9,12,14H,6-8,10-11H2,1-5H3. The Kier molecular flexibility index (Phi) is 7.93. The Labute approximate surface area is 90.8 Å². The molecule has 14 heavy (non-hydrogen) atoms. The predicted molar refractivity (Wildman–Crippen MR) is 66.5 cm³/mol. The smallest absolute Gasteiger partial charge is 0.0326 e. The highest BCUT2D eigenvalue weighted by Gasteiger charge is 2.03. The highest BCUT2D eigenvalue weighted by Crippen LogP contribution is 2.17. The molecule has 0 saturated heterocycles. The van der Waals surface area contributed by atoms with E-state index < -0.39 is 0 Å². The Morgan fingerprint density at radius 3 is 2.36 bits per heavy atom. The molecule has 0 radical (unpaired) electrons. The van der Waals surface area contributed by atoms with E-state index in [0.717, 1.165) is 11.8 Å². The average molecular weight is 196 g/mol. The van der Waals surface area contributed by atoms with Crippen LogP contribution in [0.4, 0.5) is 0 Å². The minimum atomic E-state index is 0.853. The van der Waals surface area contributed by atoms with E-state index in [2.05, 4.69) is 40.7 Å². The second-order valence-corrected chi connectivity index (χ2v) is 5.11. The van der Waals surface area contributed by atoms with E-state index in [1.54, 1.807) is 5.57 Å². The minimum Gasteiger partial charge on any atom is -0.0856 e. The summed E-state index contributed by atoms with van der Waals surface area (Å²) in [6.45, 7) is 11.5. The fourth-order valence-electron chi connectivity index (χ4n) is 2.03. The van der Waals surface area contributed by atoms with Crippen LogP contribution in [0, 0.1) is 11.8 Å². The number of hydrogen-bond acceptors (Lipinski definition) is 0. The van der Waals surface area contributed by atoms with Crippen molar-refractivity contribution in [3.05, 3.63) is 11.6 Å². The minimum absolute atomic E-state index is 0.853. The largest absolute Gasteiger partial charge is 0.0856 e. The first-order chi connectivity index (χ1) is 6.56. The Balaban J connectivity index is 3.56. The molecule has 1 unspecified atom stereocenters. The lowest BCUT2D eigenvalue weighted by Crippen LogP contribution is -1.99. The molecule has 0 nitrogen and oxygen atoms in total. The molecule has 0 bridgehead atoms. The topological polar surface area (TPSA) is 0 Å². The van der Waals surface area contributed by atoms with Crippen LogP contribution in [-0.4, -0.2) is 0 Å². The van der Waals surface area contributed by atoms with E-state index in [0.29, 0.717) is 0 Å². The first-order valence-electron chi connectivity index (χ1n) is 6.21. The van der Waals surface area contributed by atoms with Crippen LogP contribution in [0.3, 0.4) is 0 Å². The first-order valence-corrected chi connectivity index (χ1v) is 6.21. The molecule has 0 spiro atoms. The SMILES string of the molecule is CCCC(C)=CCCC(C)CC(C)C. The molecule has 0 amide bonds. The third kappa shape index (κ3) is 8.34. The summed E-state index contributed by atoms with van der Waals surface area (Å²) in [6.07, 6.45) is 9.00. The second-order valence-electron chi connectivity index (χ2n) is 5.11. The molecule has 0 aliphatic rings. The number of allylic oxidation sites excluding steroid dienone is 2. The monoisotopic (exact) mass is 196 g/mol. The summed E-state index contributed by atoms with van der Waals surface area (Å²) in [4.78, 5) is 0. The van der Waals surface area contributed by atoms with E-state index in [1.165, 1.54) is 32.1 Å². The maximum absolute atomic E-state index is 2.43. The van der Waals surface area contributed by atoms with Crippen LogP contribution >= 0.6 is 0 Å². The summed E-state index contributed by atoms with van der Waals surface area (Å²) in [5.41, 5.74) is 1.57. The van der Waals surface area contributed by atoms with Gasteiger partial charge in [0, 0.05) is 0 Å². The summed E-state index contributed by atoms with van der Waals surface area (Å²) in [7, 11) is 0.